The van der Waals surface area contributed by atoms with Gasteiger partial charge in [0, 0.05) is 18.1 Å². The maximum absolute atomic E-state index is 12.6. The topological polar surface area (TPSA) is 58.6 Å². The Morgan fingerprint density at radius 1 is 1.29 bits per heavy atom. The molecule has 1 aliphatic rings. The van der Waals surface area contributed by atoms with Crippen molar-refractivity contribution >= 4 is 23.6 Å². The molecule has 1 saturated heterocycles. The molecule has 0 aromatic heterocycles. The van der Waals surface area contributed by atoms with Crippen LogP contribution in [-0.4, -0.2) is 36.6 Å². The fourth-order valence-corrected chi connectivity index (χ4v) is 3.29. The highest BCUT2D eigenvalue weighted by Gasteiger charge is 2.27. The van der Waals surface area contributed by atoms with Gasteiger partial charge in [-0.1, -0.05) is 42.6 Å². The molecule has 1 atom stereocenters. The molecule has 0 bridgehead atoms. The molecular formula is C18H25ClN2O3. The monoisotopic (exact) mass is 352 g/mol. The molecule has 1 aliphatic heterocycles. The minimum atomic E-state index is -0.295. The molecule has 0 spiro atoms. The smallest absolute Gasteiger partial charge is 0.317 e. The molecular weight excluding hydrogens is 328 g/mol. The van der Waals surface area contributed by atoms with Gasteiger partial charge < -0.3 is 15.0 Å². The zero-order chi connectivity index (χ0) is 17.4. The Labute approximate surface area is 148 Å². The standard InChI is InChI=1S/C18H25ClN2O3/c1-2-24-17(22)11-12-20-18(23)21-13-7-3-4-10-16(21)14-8-5-6-9-15(14)19/h5-6,8-9,16H,2-4,7,10-13H2,1H3,(H,20,23)/t16-/m0/s1. The van der Waals surface area contributed by atoms with Gasteiger partial charge in [0.05, 0.1) is 19.1 Å². The van der Waals surface area contributed by atoms with Gasteiger partial charge in [-0.05, 0) is 31.4 Å². The fourth-order valence-electron chi connectivity index (χ4n) is 3.03. The third-order valence-electron chi connectivity index (χ3n) is 4.19. The van der Waals surface area contributed by atoms with Crippen LogP contribution in [0.3, 0.4) is 0 Å². The van der Waals surface area contributed by atoms with Crippen molar-refractivity contribution in [2.24, 2.45) is 0 Å². The molecule has 132 valence electrons. The minimum Gasteiger partial charge on any atom is -0.466 e. The first-order valence-corrected chi connectivity index (χ1v) is 8.95. The maximum Gasteiger partial charge on any atom is 0.317 e. The van der Waals surface area contributed by atoms with E-state index in [9.17, 15) is 9.59 Å². The van der Waals surface area contributed by atoms with Crippen LogP contribution >= 0.6 is 11.6 Å². The molecule has 0 saturated carbocycles. The number of hydrogen-bond acceptors (Lipinski definition) is 3. The number of nitrogens with zero attached hydrogens (tertiary/aromatic N) is 1. The van der Waals surface area contributed by atoms with Crippen molar-refractivity contribution < 1.29 is 14.3 Å². The average Bonchev–Trinajstić information content (AvgIpc) is 2.81. The van der Waals surface area contributed by atoms with Crippen molar-refractivity contribution in [3.63, 3.8) is 0 Å². The van der Waals surface area contributed by atoms with Gasteiger partial charge in [0.2, 0.25) is 0 Å². The lowest BCUT2D eigenvalue weighted by atomic mass is 10.0. The van der Waals surface area contributed by atoms with E-state index in [0.29, 0.717) is 18.2 Å². The molecule has 24 heavy (non-hydrogen) atoms. The Morgan fingerprint density at radius 3 is 2.83 bits per heavy atom. The van der Waals surface area contributed by atoms with Crippen LogP contribution in [0.2, 0.25) is 5.02 Å². The summed E-state index contributed by atoms with van der Waals surface area (Å²) in [6, 6.07) is 7.51. The Balaban J connectivity index is 2.02. The molecule has 1 aromatic carbocycles. The van der Waals surface area contributed by atoms with Crippen LogP contribution in [0.25, 0.3) is 0 Å². The predicted octanol–water partition coefficient (Wildman–Crippen LogP) is 3.92. The molecule has 5 nitrogen and oxygen atoms in total. The summed E-state index contributed by atoms with van der Waals surface area (Å²) in [4.78, 5) is 25.8. The highest BCUT2D eigenvalue weighted by molar-refractivity contribution is 6.31. The summed E-state index contributed by atoms with van der Waals surface area (Å²) in [6.07, 6.45) is 4.24. The van der Waals surface area contributed by atoms with Crippen molar-refractivity contribution in [2.45, 2.75) is 45.1 Å². The molecule has 0 unspecified atom stereocenters. The molecule has 2 rings (SSSR count). The number of rotatable bonds is 5. The highest BCUT2D eigenvalue weighted by Crippen LogP contribution is 2.34. The summed E-state index contributed by atoms with van der Waals surface area (Å²) >= 11 is 6.34. The quantitative estimate of drug-likeness (QED) is 0.817. The Morgan fingerprint density at radius 2 is 2.08 bits per heavy atom. The zero-order valence-corrected chi connectivity index (χ0v) is 14.8. The summed E-state index contributed by atoms with van der Waals surface area (Å²) in [5.41, 5.74) is 0.988. The first-order valence-electron chi connectivity index (χ1n) is 8.58. The molecule has 1 N–H and O–H groups in total. The van der Waals surface area contributed by atoms with E-state index < -0.39 is 0 Å². The third kappa shape index (κ3) is 5.13. The lowest BCUT2D eigenvalue weighted by Gasteiger charge is -2.31. The van der Waals surface area contributed by atoms with E-state index in [1.165, 1.54) is 0 Å². The summed E-state index contributed by atoms with van der Waals surface area (Å²) in [5.74, 6) is -0.295. The molecule has 1 fully saturated rings. The second kappa shape index (κ2) is 9.52. The van der Waals surface area contributed by atoms with Gasteiger partial charge in [0.25, 0.3) is 0 Å². The Bertz CT molecular complexity index is 565. The van der Waals surface area contributed by atoms with Crippen molar-refractivity contribution in [3.05, 3.63) is 34.9 Å². The molecule has 0 radical (unpaired) electrons. The van der Waals surface area contributed by atoms with Crippen LogP contribution in [0.15, 0.2) is 24.3 Å². The van der Waals surface area contributed by atoms with E-state index in [1.807, 2.05) is 29.2 Å². The van der Waals surface area contributed by atoms with Crippen LogP contribution in [0.1, 0.15) is 50.6 Å². The summed E-state index contributed by atoms with van der Waals surface area (Å²) in [7, 11) is 0. The van der Waals surface area contributed by atoms with Crippen molar-refractivity contribution in [1.29, 1.82) is 0 Å². The van der Waals surface area contributed by atoms with E-state index in [2.05, 4.69) is 5.32 Å². The number of amides is 2. The number of halogens is 1. The van der Waals surface area contributed by atoms with Crippen LogP contribution in [0, 0.1) is 0 Å². The van der Waals surface area contributed by atoms with Gasteiger partial charge in [-0.25, -0.2) is 4.79 Å². The molecule has 6 heteroatoms. The third-order valence-corrected chi connectivity index (χ3v) is 4.53. The normalized spacial score (nSPS) is 17.9. The zero-order valence-electron chi connectivity index (χ0n) is 14.1. The first kappa shape index (κ1) is 18.6. The van der Waals surface area contributed by atoms with E-state index in [-0.39, 0.29) is 31.0 Å². The molecule has 1 heterocycles. The SMILES string of the molecule is CCOC(=O)CCNC(=O)N1CCCCC[C@H]1c1ccccc1Cl. The maximum atomic E-state index is 12.6. The second-order valence-corrected chi connectivity index (χ2v) is 6.27. The average molecular weight is 353 g/mol. The van der Waals surface area contributed by atoms with Crippen LogP contribution in [0.5, 0.6) is 0 Å². The molecule has 2 amide bonds. The lowest BCUT2D eigenvalue weighted by Crippen LogP contribution is -2.43. The van der Waals surface area contributed by atoms with E-state index >= 15 is 0 Å². The number of carbonyl (C=O) groups excluding carboxylic acids is 2. The van der Waals surface area contributed by atoms with Gasteiger partial charge in [0.1, 0.15) is 0 Å². The largest absolute Gasteiger partial charge is 0.466 e. The van der Waals surface area contributed by atoms with E-state index in [4.69, 9.17) is 16.3 Å². The Hall–Kier alpha value is -1.75. The van der Waals surface area contributed by atoms with Gasteiger partial charge in [0.15, 0.2) is 0 Å². The van der Waals surface area contributed by atoms with Crippen LogP contribution in [-0.2, 0) is 9.53 Å². The van der Waals surface area contributed by atoms with Gasteiger partial charge in [-0.15, -0.1) is 0 Å². The van der Waals surface area contributed by atoms with Gasteiger partial charge >= 0.3 is 12.0 Å². The predicted molar refractivity (Wildman–Crippen MR) is 94.0 cm³/mol. The first-order chi connectivity index (χ1) is 11.6. The van der Waals surface area contributed by atoms with Crippen LogP contribution < -0.4 is 5.32 Å². The number of urea groups is 1. The van der Waals surface area contributed by atoms with Gasteiger partial charge in [-0.2, -0.15) is 0 Å². The summed E-state index contributed by atoms with van der Waals surface area (Å²) in [6.45, 7) is 3.10. The van der Waals surface area contributed by atoms with Crippen molar-refractivity contribution in [1.82, 2.24) is 10.2 Å². The number of esters is 1. The number of benzene rings is 1. The van der Waals surface area contributed by atoms with Crippen molar-refractivity contribution in [2.75, 3.05) is 19.7 Å². The highest BCUT2D eigenvalue weighted by atomic mass is 35.5. The second-order valence-electron chi connectivity index (χ2n) is 5.87. The molecule has 1 aromatic rings. The number of hydrogen-bond donors (Lipinski definition) is 1. The summed E-state index contributed by atoms with van der Waals surface area (Å²) in [5, 5.41) is 3.52. The fraction of sp³-hybridized carbons (Fsp3) is 0.556. The Kier molecular flexibility index (Phi) is 7.37. The lowest BCUT2D eigenvalue weighted by molar-refractivity contribution is -0.142. The number of carbonyl (C=O) groups is 2. The van der Waals surface area contributed by atoms with E-state index in [0.717, 1.165) is 31.2 Å². The molecule has 0 aliphatic carbocycles. The number of likely N-dealkylation sites (tertiary alicyclic amines) is 1. The number of ether oxygens (including phenoxy) is 1. The van der Waals surface area contributed by atoms with E-state index in [1.54, 1.807) is 6.92 Å². The van der Waals surface area contributed by atoms with Crippen LogP contribution in [0.4, 0.5) is 4.79 Å². The van der Waals surface area contributed by atoms with Crippen molar-refractivity contribution in [3.8, 4) is 0 Å². The number of nitrogens with one attached hydrogen (secondary N) is 1. The minimum absolute atomic E-state index is 0.0243. The summed E-state index contributed by atoms with van der Waals surface area (Å²) < 4.78 is 4.87. The van der Waals surface area contributed by atoms with Gasteiger partial charge in [-0.3, -0.25) is 4.79 Å².